The van der Waals surface area contributed by atoms with Gasteiger partial charge in [0.1, 0.15) is 6.54 Å². The van der Waals surface area contributed by atoms with Crippen LogP contribution in [-0.4, -0.2) is 51.4 Å². The summed E-state index contributed by atoms with van der Waals surface area (Å²) in [6.07, 6.45) is -3.79. The highest BCUT2D eigenvalue weighted by atomic mass is 79.9. The number of amides is 3. The summed E-state index contributed by atoms with van der Waals surface area (Å²) in [5.74, 6) is -3.99. The van der Waals surface area contributed by atoms with E-state index in [1.807, 2.05) is 5.32 Å². The number of halogens is 5. The van der Waals surface area contributed by atoms with Gasteiger partial charge in [-0.1, -0.05) is 44.0 Å². The molecule has 3 rings (SSSR count). The Labute approximate surface area is 191 Å². The van der Waals surface area contributed by atoms with E-state index in [1.165, 1.54) is 12.1 Å². The summed E-state index contributed by atoms with van der Waals surface area (Å²) in [7, 11) is 0. The predicted molar refractivity (Wildman–Crippen MR) is 109 cm³/mol. The van der Waals surface area contributed by atoms with Crippen LogP contribution in [0, 0.1) is 11.8 Å². The molecule has 1 aliphatic carbocycles. The predicted octanol–water partition coefficient (Wildman–Crippen LogP) is 3.11. The summed E-state index contributed by atoms with van der Waals surface area (Å²) in [6.45, 7) is -1.52. The van der Waals surface area contributed by atoms with Gasteiger partial charge in [-0.3, -0.25) is 24.1 Å². The molecule has 0 unspecified atom stereocenters. The van der Waals surface area contributed by atoms with Crippen molar-refractivity contribution in [3.8, 4) is 0 Å². The van der Waals surface area contributed by atoms with E-state index in [0.29, 0.717) is 12.8 Å². The van der Waals surface area contributed by atoms with Crippen LogP contribution in [0.3, 0.4) is 0 Å². The van der Waals surface area contributed by atoms with Gasteiger partial charge in [0, 0.05) is 9.65 Å². The van der Waals surface area contributed by atoms with E-state index < -0.39 is 66.1 Å². The number of alkyl halides is 5. The number of rotatable bonds is 5. The molecule has 1 aromatic carbocycles. The third-order valence-corrected chi connectivity index (χ3v) is 7.89. The monoisotopic (exact) mass is 568 g/mol. The molecule has 2 aliphatic rings. The number of hydrogen-bond donors (Lipinski definition) is 1. The number of esters is 1. The second kappa shape index (κ2) is 9.27. The number of nitrogens with one attached hydrogen (secondary N) is 1. The van der Waals surface area contributed by atoms with Gasteiger partial charge < -0.3 is 10.1 Å². The van der Waals surface area contributed by atoms with E-state index in [2.05, 4.69) is 31.9 Å². The van der Waals surface area contributed by atoms with Crippen LogP contribution >= 0.6 is 31.9 Å². The Morgan fingerprint density at radius 1 is 1.06 bits per heavy atom. The van der Waals surface area contributed by atoms with Crippen LogP contribution in [0.4, 0.5) is 18.9 Å². The standard InChI is InChI=1S/C19H17Br2F3N2O5/c20-12-5-9-10(6-13(12)21)18(30)26(17(9)29)7-16(28)31-8-15(27)25-14-4-2-1-3-11(14)19(22,23)24/h1-4,9-10,12-13H,5-8H2,(H,25,27)/t9-,10-,12+,13+/m1/s1. The summed E-state index contributed by atoms with van der Waals surface area (Å²) in [6, 6.07) is 4.37. The van der Waals surface area contributed by atoms with Crippen molar-refractivity contribution in [3.05, 3.63) is 29.8 Å². The Bertz CT molecular complexity index is 883. The highest BCUT2D eigenvalue weighted by molar-refractivity contribution is 9.12. The van der Waals surface area contributed by atoms with Gasteiger partial charge in [0.15, 0.2) is 6.61 Å². The topological polar surface area (TPSA) is 92.8 Å². The molecule has 7 nitrogen and oxygen atoms in total. The molecule has 1 aliphatic heterocycles. The molecule has 168 valence electrons. The van der Waals surface area contributed by atoms with Gasteiger partial charge in [0.2, 0.25) is 11.8 Å². The fourth-order valence-corrected chi connectivity index (χ4v) is 4.90. The molecule has 1 N–H and O–H groups in total. The van der Waals surface area contributed by atoms with E-state index in [4.69, 9.17) is 4.74 Å². The van der Waals surface area contributed by atoms with Crippen molar-refractivity contribution in [2.45, 2.75) is 28.7 Å². The summed E-state index contributed by atoms with van der Waals surface area (Å²) in [5.41, 5.74) is -1.51. The minimum atomic E-state index is -4.67. The second-order valence-corrected chi connectivity index (χ2v) is 9.58. The number of anilines is 1. The maximum absolute atomic E-state index is 13.0. The van der Waals surface area contributed by atoms with Crippen LogP contribution in [0.2, 0.25) is 0 Å². The van der Waals surface area contributed by atoms with Gasteiger partial charge in [-0.05, 0) is 25.0 Å². The van der Waals surface area contributed by atoms with Gasteiger partial charge in [-0.2, -0.15) is 13.2 Å². The maximum Gasteiger partial charge on any atom is 0.418 e. The van der Waals surface area contributed by atoms with Crippen LogP contribution in [0.5, 0.6) is 0 Å². The number of likely N-dealkylation sites (tertiary alicyclic amines) is 1. The SMILES string of the molecule is O=C(COC(=O)CN1C(=O)[C@@H]2C[C@H](Br)[C@@H](Br)C[C@H]2C1=O)Nc1ccccc1C(F)(F)F. The van der Waals surface area contributed by atoms with Crippen LogP contribution < -0.4 is 5.32 Å². The van der Waals surface area contributed by atoms with Crippen LogP contribution in [0.1, 0.15) is 18.4 Å². The summed E-state index contributed by atoms with van der Waals surface area (Å²) >= 11 is 6.92. The zero-order valence-electron chi connectivity index (χ0n) is 15.8. The molecular weight excluding hydrogens is 553 g/mol. The highest BCUT2D eigenvalue weighted by Crippen LogP contribution is 2.43. The molecule has 0 bridgehead atoms. The lowest BCUT2D eigenvalue weighted by atomic mass is 9.81. The van der Waals surface area contributed by atoms with Crippen molar-refractivity contribution in [1.29, 1.82) is 0 Å². The molecular formula is C19H17Br2F3N2O5. The molecule has 12 heteroatoms. The van der Waals surface area contributed by atoms with E-state index >= 15 is 0 Å². The van der Waals surface area contributed by atoms with Crippen molar-refractivity contribution in [2.24, 2.45) is 11.8 Å². The average Bonchev–Trinajstić information content (AvgIpc) is 2.91. The summed E-state index contributed by atoms with van der Waals surface area (Å²) in [5, 5.41) is 2.04. The lowest BCUT2D eigenvalue weighted by Gasteiger charge is -2.29. The lowest BCUT2D eigenvalue weighted by molar-refractivity contribution is -0.154. The van der Waals surface area contributed by atoms with Crippen molar-refractivity contribution in [3.63, 3.8) is 0 Å². The van der Waals surface area contributed by atoms with Gasteiger partial charge in [0.25, 0.3) is 5.91 Å². The zero-order valence-corrected chi connectivity index (χ0v) is 19.0. The van der Waals surface area contributed by atoms with E-state index in [1.54, 1.807) is 0 Å². The first kappa shape index (κ1) is 23.7. The van der Waals surface area contributed by atoms with Crippen molar-refractivity contribution in [2.75, 3.05) is 18.5 Å². The number of benzene rings is 1. The number of ether oxygens (including phenoxy) is 1. The number of carbonyl (C=O) groups is 4. The maximum atomic E-state index is 13.0. The van der Waals surface area contributed by atoms with Crippen LogP contribution in [0.25, 0.3) is 0 Å². The number of fused-ring (bicyclic) bond motifs is 1. The Kier molecular flexibility index (Phi) is 7.09. The minimum absolute atomic E-state index is 0.0145. The molecule has 0 aromatic heterocycles. The fraction of sp³-hybridized carbons (Fsp3) is 0.474. The number of imide groups is 1. The smallest absolute Gasteiger partial charge is 0.418 e. The number of hydrogen-bond acceptors (Lipinski definition) is 5. The van der Waals surface area contributed by atoms with Crippen molar-refractivity contribution >= 4 is 61.2 Å². The largest absolute Gasteiger partial charge is 0.454 e. The number of nitrogens with zero attached hydrogens (tertiary/aromatic N) is 1. The molecule has 1 heterocycles. The van der Waals surface area contributed by atoms with Gasteiger partial charge in [-0.25, -0.2) is 0 Å². The van der Waals surface area contributed by atoms with Crippen molar-refractivity contribution in [1.82, 2.24) is 4.90 Å². The van der Waals surface area contributed by atoms with E-state index in [9.17, 15) is 32.3 Å². The number of carbonyl (C=O) groups excluding carboxylic acids is 4. The van der Waals surface area contributed by atoms with Gasteiger partial charge in [0.05, 0.1) is 23.1 Å². The molecule has 4 atom stereocenters. The number of para-hydroxylation sites is 1. The van der Waals surface area contributed by atoms with Crippen LogP contribution in [-0.2, 0) is 30.1 Å². The molecule has 1 saturated heterocycles. The Hall–Kier alpha value is -1.95. The Morgan fingerprint density at radius 3 is 2.16 bits per heavy atom. The van der Waals surface area contributed by atoms with E-state index in [-0.39, 0.29) is 9.65 Å². The quantitative estimate of drug-likeness (QED) is 0.334. The third kappa shape index (κ3) is 5.28. The lowest BCUT2D eigenvalue weighted by Crippen LogP contribution is -2.37. The minimum Gasteiger partial charge on any atom is -0.454 e. The third-order valence-electron chi connectivity index (χ3n) is 5.16. The highest BCUT2D eigenvalue weighted by Gasteiger charge is 2.52. The van der Waals surface area contributed by atoms with Gasteiger partial charge in [-0.15, -0.1) is 0 Å². The Morgan fingerprint density at radius 2 is 1.61 bits per heavy atom. The normalized spacial score (nSPS) is 25.9. The Balaban J connectivity index is 1.55. The molecule has 1 aromatic rings. The molecule has 1 saturated carbocycles. The molecule has 2 fully saturated rings. The second-order valence-electron chi connectivity index (χ2n) is 7.23. The summed E-state index contributed by atoms with van der Waals surface area (Å²) < 4.78 is 43.7. The molecule has 31 heavy (non-hydrogen) atoms. The zero-order chi connectivity index (χ0) is 22.9. The first-order chi connectivity index (χ1) is 14.5. The molecule has 0 radical (unpaired) electrons. The van der Waals surface area contributed by atoms with Gasteiger partial charge >= 0.3 is 12.1 Å². The van der Waals surface area contributed by atoms with Crippen molar-refractivity contribution < 1.29 is 37.1 Å². The average molecular weight is 570 g/mol. The fourth-order valence-electron chi connectivity index (χ4n) is 3.67. The molecule has 0 spiro atoms. The molecule has 3 amide bonds. The summed E-state index contributed by atoms with van der Waals surface area (Å²) in [4.78, 5) is 49.9. The first-order valence-electron chi connectivity index (χ1n) is 9.24. The van der Waals surface area contributed by atoms with E-state index in [0.717, 1.165) is 17.0 Å². The first-order valence-corrected chi connectivity index (χ1v) is 11.1. The van der Waals surface area contributed by atoms with Crippen LogP contribution in [0.15, 0.2) is 24.3 Å².